The van der Waals surface area contributed by atoms with Gasteiger partial charge in [-0.05, 0) is 38.1 Å². The molecule has 1 aliphatic rings. The molecule has 0 bridgehead atoms. The molecule has 1 heterocycles. The van der Waals surface area contributed by atoms with Crippen LogP contribution >= 0.6 is 0 Å². The summed E-state index contributed by atoms with van der Waals surface area (Å²) in [6.07, 6.45) is 0. The molecule has 1 fully saturated rings. The molecule has 1 amide bonds. The van der Waals surface area contributed by atoms with E-state index in [2.05, 4.69) is 29.1 Å². The van der Waals surface area contributed by atoms with E-state index in [1.807, 2.05) is 0 Å². The number of likely N-dealkylation sites (N-methyl/N-ethyl adjacent to an activating group) is 1. The molecule has 1 aromatic rings. The van der Waals surface area contributed by atoms with Crippen LogP contribution in [0.5, 0.6) is 0 Å². The molecule has 0 aliphatic carbocycles. The van der Waals surface area contributed by atoms with Crippen molar-refractivity contribution < 1.29 is 9.18 Å². The van der Waals surface area contributed by atoms with Gasteiger partial charge in [0.15, 0.2) is 0 Å². The number of hydrogen-bond donors (Lipinski definition) is 1. The molecule has 0 saturated carbocycles. The maximum Gasteiger partial charge on any atom is 0.234 e. The average Bonchev–Trinajstić information content (AvgIpc) is 2.43. The van der Waals surface area contributed by atoms with Gasteiger partial charge < -0.3 is 10.2 Å². The SMILES string of the molecule is Cc1cc(CNC(=O)CN2CCN(C)C[C@H]2C)ccc1F. The minimum atomic E-state index is -0.212. The number of amides is 1. The van der Waals surface area contributed by atoms with E-state index in [0.717, 1.165) is 25.2 Å². The second kappa shape index (κ2) is 7.00. The van der Waals surface area contributed by atoms with Crippen molar-refractivity contribution in [2.75, 3.05) is 33.2 Å². The van der Waals surface area contributed by atoms with Gasteiger partial charge in [-0.15, -0.1) is 0 Å². The lowest BCUT2D eigenvalue weighted by molar-refractivity contribution is -0.123. The number of aryl methyl sites for hydroxylation is 1. The van der Waals surface area contributed by atoms with Gasteiger partial charge in [-0.1, -0.05) is 12.1 Å². The fourth-order valence-electron chi connectivity index (χ4n) is 2.67. The highest BCUT2D eigenvalue weighted by atomic mass is 19.1. The second-order valence-corrected chi connectivity index (χ2v) is 5.94. The highest BCUT2D eigenvalue weighted by Gasteiger charge is 2.22. The van der Waals surface area contributed by atoms with Gasteiger partial charge >= 0.3 is 0 Å². The first kappa shape index (κ1) is 15.9. The number of nitrogens with one attached hydrogen (secondary N) is 1. The maximum absolute atomic E-state index is 13.2. The molecule has 0 aromatic heterocycles. The molecule has 5 heteroatoms. The number of carbonyl (C=O) groups is 1. The van der Waals surface area contributed by atoms with Crippen molar-refractivity contribution in [3.63, 3.8) is 0 Å². The topological polar surface area (TPSA) is 35.6 Å². The van der Waals surface area contributed by atoms with Gasteiger partial charge in [0.2, 0.25) is 5.91 Å². The Hall–Kier alpha value is -1.46. The summed E-state index contributed by atoms with van der Waals surface area (Å²) in [5, 5.41) is 2.91. The summed E-state index contributed by atoms with van der Waals surface area (Å²) in [4.78, 5) is 16.5. The number of hydrogen-bond acceptors (Lipinski definition) is 3. The Bertz CT molecular complexity index is 506. The molecule has 4 nitrogen and oxygen atoms in total. The van der Waals surface area contributed by atoms with E-state index in [4.69, 9.17) is 0 Å². The maximum atomic E-state index is 13.2. The molecule has 1 saturated heterocycles. The molecular weight excluding hydrogens is 269 g/mol. The molecular formula is C16H24FN3O. The number of rotatable bonds is 4. The monoisotopic (exact) mass is 293 g/mol. The van der Waals surface area contributed by atoms with E-state index in [0.29, 0.717) is 24.7 Å². The van der Waals surface area contributed by atoms with E-state index in [-0.39, 0.29) is 11.7 Å². The van der Waals surface area contributed by atoms with Crippen molar-refractivity contribution in [1.82, 2.24) is 15.1 Å². The Morgan fingerprint density at radius 2 is 2.19 bits per heavy atom. The summed E-state index contributed by atoms with van der Waals surface area (Å²) in [6, 6.07) is 5.32. The molecule has 0 spiro atoms. The fourth-order valence-corrected chi connectivity index (χ4v) is 2.67. The van der Waals surface area contributed by atoms with Crippen LogP contribution < -0.4 is 5.32 Å². The van der Waals surface area contributed by atoms with Crippen molar-refractivity contribution in [2.24, 2.45) is 0 Å². The van der Waals surface area contributed by atoms with Gasteiger partial charge in [-0.25, -0.2) is 4.39 Å². The van der Waals surface area contributed by atoms with E-state index >= 15 is 0 Å². The van der Waals surface area contributed by atoms with Crippen molar-refractivity contribution >= 4 is 5.91 Å². The van der Waals surface area contributed by atoms with Gasteiger partial charge in [-0.2, -0.15) is 0 Å². The molecule has 1 N–H and O–H groups in total. The standard InChI is InChI=1S/C16H24FN3O/c1-12-8-14(4-5-15(12)17)9-18-16(21)11-20-7-6-19(3)10-13(20)2/h4-5,8,13H,6-7,9-11H2,1-3H3,(H,18,21)/t13-/m1/s1. The van der Waals surface area contributed by atoms with Crippen molar-refractivity contribution in [1.29, 1.82) is 0 Å². The van der Waals surface area contributed by atoms with E-state index in [1.54, 1.807) is 19.1 Å². The molecule has 0 radical (unpaired) electrons. The second-order valence-electron chi connectivity index (χ2n) is 5.94. The third kappa shape index (κ3) is 4.51. The number of carbonyl (C=O) groups excluding carboxylic acids is 1. The zero-order valence-electron chi connectivity index (χ0n) is 13.0. The summed E-state index contributed by atoms with van der Waals surface area (Å²) < 4.78 is 13.2. The lowest BCUT2D eigenvalue weighted by Gasteiger charge is -2.37. The zero-order valence-corrected chi connectivity index (χ0v) is 13.0. The normalized spacial score (nSPS) is 20.5. The van der Waals surface area contributed by atoms with Crippen LogP contribution in [0.3, 0.4) is 0 Å². The highest BCUT2D eigenvalue weighted by Crippen LogP contribution is 2.09. The predicted octanol–water partition coefficient (Wildman–Crippen LogP) is 1.39. The van der Waals surface area contributed by atoms with E-state index < -0.39 is 0 Å². The molecule has 1 atom stereocenters. The Balaban J connectivity index is 1.80. The van der Waals surface area contributed by atoms with Crippen LogP contribution in [0, 0.1) is 12.7 Å². The molecule has 0 unspecified atom stereocenters. The Labute approximate surface area is 125 Å². The van der Waals surface area contributed by atoms with Gasteiger partial charge in [0.25, 0.3) is 0 Å². The summed E-state index contributed by atoms with van der Waals surface area (Å²) in [5.74, 6) is -0.190. The van der Waals surface area contributed by atoms with Crippen LogP contribution in [-0.4, -0.2) is 55.0 Å². The minimum Gasteiger partial charge on any atom is -0.351 e. The number of benzene rings is 1. The van der Waals surface area contributed by atoms with E-state index in [1.165, 1.54) is 6.07 Å². The fraction of sp³-hybridized carbons (Fsp3) is 0.562. The van der Waals surface area contributed by atoms with Gasteiger partial charge in [-0.3, -0.25) is 9.69 Å². The summed E-state index contributed by atoms with van der Waals surface area (Å²) in [7, 11) is 2.10. The summed E-state index contributed by atoms with van der Waals surface area (Å²) in [6.45, 7) is 7.65. The van der Waals surface area contributed by atoms with Crippen molar-refractivity contribution in [2.45, 2.75) is 26.4 Å². The van der Waals surface area contributed by atoms with Gasteiger partial charge in [0.1, 0.15) is 5.82 Å². The van der Waals surface area contributed by atoms with Crippen LogP contribution in [0.25, 0.3) is 0 Å². The summed E-state index contributed by atoms with van der Waals surface area (Å²) in [5.41, 5.74) is 1.53. The first-order valence-electron chi connectivity index (χ1n) is 7.40. The third-order valence-corrected chi connectivity index (χ3v) is 4.03. The number of halogens is 1. The molecule has 21 heavy (non-hydrogen) atoms. The smallest absolute Gasteiger partial charge is 0.234 e. The quantitative estimate of drug-likeness (QED) is 0.911. The zero-order chi connectivity index (χ0) is 15.4. The van der Waals surface area contributed by atoms with Crippen molar-refractivity contribution in [3.05, 3.63) is 35.1 Å². The van der Waals surface area contributed by atoms with Crippen LogP contribution in [-0.2, 0) is 11.3 Å². The van der Waals surface area contributed by atoms with Crippen LogP contribution in [0.4, 0.5) is 4.39 Å². The highest BCUT2D eigenvalue weighted by molar-refractivity contribution is 5.78. The Kier molecular flexibility index (Phi) is 5.31. The third-order valence-electron chi connectivity index (χ3n) is 4.03. The van der Waals surface area contributed by atoms with Crippen LogP contribution in [0.15, 0.2) is 18.2 Å². The number of nitrogens with zero attached hydrogens (tertiary/aromatic N) is 2. The first-order valence-corrected chi connectivity index (χ1v) is 7.40. The van der Waals surface area contributed by atoms with E-state index in [9.17, 15) is 9.18 Å². The summed E-state index contributed by atoms with van der Waals surface area (Å²) >= 11 is 0. The van der Waals surface area contributed by atoms with Gasteiger partial charge in [0, 0.05) is 32.2 Å². The van der Waals surface area contributed by atoms with Gasteiger partial charge in [0.05, 0.1) is 6.54 Å². The molecule has 2 rings (SSSR count). The van der Waals surface area contributed by atoms with Crippen LogP contribution in [0.1, 0.15) is 18.1 Å². The lowest BCUT2D eigenvalue weighted by Crippen LogP contribution is -2.53. The molecule has 1 aromatic carbocycles. The largest absolute Gasteiger partial charge is 0.351 e. The van der Waals surface area contributed by atoms with Crippen molar-refractivity contribution in [3.8, 4) is 0 Å². The Morgan fingerprint density at radius 1 is 1.43 bits per heavy atom. The minimum absolute atomic E-state index is 0.0216. The molecule has 116 valence electrons. The predicted molar refractivity (Wildman–Crippen MR) is 81.5 cm³/mol. The lowest BCUT2D eigenvalue weighted by atomic mass is 10.1. The number of piperazine rings is 1. The average molecular weight is 293 g/mol. The van der Waals surface area contributed by atoms with Crippen LogP contribution in [0.2, 0.25) is 0 Å². The molecule has 1 aliphatic heterocycles. The first-order chi connectivity index (χ1) is 9.95. The Morgan fingerprint density at radius 3 is 2.86 bits per heavy atom.